The van der Waals surface area contributed by atoms with Crippen molar-refractivity contribution in [2.45, 2.75) is 52.1 Å². The molecule has 16 heavy (non-hydrogen) atoms. The summed E-state index contributed by atoms with van der Waals surface area (Å²) < 4.78 is 5.06. The molecule has 0 aliphatic rings. The van der Waals surface area contributed by atoms with Gasteiger partial charge in [0.2, 0.25) is 5.91 Å². The fourth-order valence-corrected chi connectivity index (χ4v) is 1.67. The molecule has 0 bridgehead atoms. The molecule has 0 aliphatic heterocycles. The topological polar surface area (TPSA) is 64.3 Å². The van der Waals surface area contributed by atoms with Crippen LogP contribution in [0.4, 0.5) is 0 Å². The SMILES string of the molecule is CCCC(COC)NC(=O)C(N)CC(C)C. The average molecular weight is 230 g/mol. The summed E-state index contributed by atoms with van der Waals surface area (Å²) in [6.45, 7) is 6.76. The fourth-order valence-electron chi connectivity index (χ4n) is 1.67. The summed E-state index contributed by atoms with van der Waals surface area (Å²) in [4.78, 5) is 11.7. The Balaban J connectivity index is 4.06. The highest BCUT2D eigenvalue weighted by molar-refractivity contribution is 5.81. The summed E-state index contributed by atoms with van der Waals surface area (Å²) in [5, 5.41) is 2.94. The van der Waals surface area contributed by atoms with Crippen LogP contribution in [0.2, 0.25) is 0 Å². The van der Waals surface area contributed by atoms with Crippen molar-refractivity contribution in [2.24, 2.45) is 11.7 Å². The summed E-state index contributed by atoms with van der Waals surface area (Å²) in [7, 11) is 1.64. The fraction of sp³-hybridized carbons (Fsp3) is 0.917. The Morgan fingerprint density at radius 1 is 1.44 bits per heavy atom. The van der Waals surface area contributed by atoms with Gasteiger partial charge in [-0.15, -0.1) is 0 Å². The van der Waals surface area contributed by atoms with Crippen LogP contribution < -0.4 is 11.1 Å². The second kappa shape index (κ2) is 8.53. The van der Waals surface area contributed by atoms with Crippen LogP contribution >= 0.6 is 0 Å². The number of carbonyl (C=O) groups is 1. The molecule has 2 atom stereocenters. The molecule has 0 aliphatic carbocycles. The van der Waals surface area contributed by atoms with Crippen molar-refractivity contribution in [3.05, 3.63) is 0 Å². The summed E-state index contributed by atoms with van der Waals surface area (Å²) in [6.07, 6.45) is 2.67. The van der Waals surface area contributed by atoms with Crippen LogP contribution in [-0.2, 0) is 9.53 Å². The highest BCUT2D eigenvalue weighted by atomic mass is 16.5. The lowest BCUT2D eigenvalue weighted by molar-refractivity contribution is -0.123. The zero-order valence-corrected chi connectivity index (χ0v) is 11.0. The molecule has 0 radical (unpaired) electrons. The lowest BCUT2D eigenvalue weighted by atomic mass is 10.0. The van der Waals surface area contributed by atoms with Crippen LogP contribution in [0.25, 0.3) is 0 Å². The molecular weight excluding hydrogens is 204 g/mol. The first kappa shape index (κ1) is 15.4. The number of methoxy groups -OCH3 is 1. The molecule has 0 heterocycles. The summed E-state index contributed by atoms with van der Waals surface area (Å²) in [5.41, 5.74) is 5.81. The van der Waals surface area contributed by atoms with Crippen LogP contribution in [0.3, 0.4) is 0 Å². The standard InChI is InChI=1S/C12H26N2O2/c1-5-6-10(8-16-4)14-12(15)11(13)7-9(2)3/h9-11H,5-8,13H2,1-4H3,(H,14,15). The largest absolute Gasteiger partial charge is 0.383 e. The smallest absolute Gasteiger partial charge is 0.237 e. The second-order valence-corrected chi connectivity index (χ2v) is 4.69. The molecule has 0 saturated carbocycles. The molecule has 3 N–H and O–H groups in total. The van der Waals surface area contributed by atoms with E-state index in [1.54, 1.807) is 7.11 Å². The van der Waals surface area contributed by atoms with Crippen LogP contribution in [-0.4, -0.2) is 31.7 Å². The van der Waals surface area contributed by atoms with E-state index in [0.717, 1.165) is 19.3 Å². The Labute approximate surface area is 98.9 Å². The Hall–Kier alpha value is -0.610. The Morgan fingerprint density at radius 2 is 2.06 bits per heavy atom. The normalized spacial score (nSPS) is 14.9. The predicted molar refractivity (Wildman–Crippen MR) is 66.1 cm³/mol. The van der Waals surface area contributed by atoms with Crippen molar-refractivity contribution in [2.75, 3.05) is 13.7 Å². The Morgan fingerprint density at radius 3 is 2.50 bits per heavy atom. The third-order valence-electron chi connectivity index (χ3n) is 2.41. The predicted octanol–water partition coefficient (Wildman–Crippen LogP) is 1.29. The molecule has 0 aromatic rings. The summed E-state index contributed by atoms with van der Waals surface area (Å²) in [5.74, 6) is 0.372. The third kappa shape index (κ3) is 6.80. The van der Waals surface area contributed by atoms with E-state index in [1.807, 2.05) is 0 Å². The number of ether oxygens (including phenoxy) is 1. The number of hydrogen-bond donors (Lipinski definition) is 2. The van der Waals surface area contributed by atoms with Gasteiger partial charge in [0, 0.05) is 7.11 Å². The van der Waals surface area contributed by atoms with Gasteiger partial charge < -0.3 is 15.8 Å². The Kier molecular flexibility index (Phi) is 8.21. The van der Waals surface area contributed by atoms with E-state index in [1.165, 1.54) is 0 Å². The van der Waals surface area contributed by atoms with E-state index in [-0.39, 0.29) is 11.9 Å². The second-order valence-electron chi connectivity index (χ2n) is 4.69. The lowest BCUT2D eigenvalue weighted by Crippen LogP contribution is -2.47. The van der Waals surface area contributed by atoms with Crippen molar-refractivity contribution >= 4 is 5.91 Å². The average Bonchev–Trinajstić information content (AvgIpc) is 2.17. The molecule has 2 unspecified atom stereocenters. The number of nitrogens with one attached hydrogen (secondary N) is 1. The molecule has 1 amide bonds. The van der Waals surface area contributed by atoms with Crippen LogP contribution in [0.5, 0.6) is 0 Å². The molecule has 4 nitrogen and oxygen atoms in total. The molecule has 0 fully saturated rings. The van der Waals surface area contributed by atoms with E-state index in [9.17, 15) is 4.79 Å². The molecule has 0 aromatic carbocycles. The minimum Gasteiger partial charge on any atom is -0.383 e. The van der Waals surface area contributed by atoms with E-state index >= 15 is 0 Å². The van der Waals surface area contributed by atoms with Gasteiger partial charge in [0.1, 0.15) is 0 Å². The maximum Gasteiger partial charge on any atom is 0.237 e. The van der Waals surface area contributed by atoms with E-state index in [4.69, 9.17) is 10.5 Å². The molecular formula is C12H26N2O2. The van der Waals surface area contributed by atoms with Gasteiger partial charge in [0.15, 0.2) is 0 Å². The maximum atomic E-state index is 11.7. The first-order valence-corrected chi connectivity index (χ1v) is 6.06. The molecule has 96 valence electrons. The molecule has 0 spiro atoms. The number of carbonyl (C=O) groups excluding carboxylic acids is 1. The Bertz CT molecular complexity index is 189. The highest BCUT2D eigenvalue weighted by Gasteiger charge is 2.18. The van der Waals surface area contributed by atoms with Gasteiger partial charge in [-0.25, -0.2) is 0 Å². The molecule has 0 aromatic heterocycles. The maximum absolute atomic E-state index is 11.7. The highest BCUT2D eigenvalue weighted by Crippen LogP contribution is 2.04. The van der Waals surface area contributed by atoms with E-state index < -0.39 is 6.04 Å². The van der Waals surface area contributed by atoms with Crippen molar-refractivity contribution < 1.29 is 9.53 Å². The van der Waals surface area contributed by atoms with Gasteiger partial charge >= 0.3 is 0 Å². The molecule has 0 rings (SSSR count). The van der Waals surface area contributed by atoms with Gasteiger partial charge in [-0.2, -0.15) is 0 Å². The zero-order valence-electron chi connectivity index (χ0n) is 11.0. The third-order valence-corrected chi connectivity index (χ3v) is 2.41. The van der Waals surface area contributed by atoms with E-state index in [2.05, 4.69) is 26.1 Å². The number of amides is 1. The first-order chi connectivity index (χ1) is 7.51. The van der Waals surface area contributed by atoms with Crippen LogP contribution in [0.1, 0.15) is 40.0 Å². The number of hydrogen-bond acceptors (Lipinski definition) is 3. The monoisotopic (exact) mass is 230 g/mol. The van der Waals surface area contributed by atoms with Crippen molar-refractivity contribution in [1.82, 2.24) is 5.32 Å². The van der Waals surface area contributed by atoms with Gasteiger partial charge in [0.25, 0.3) is 0 Å². The van der Waals surface area contributed by atoms with Crippen LogP contribution in [0, 0.1) is 5.92 Å². The zero-order chi connectivity index (χ0) is 12.6. The van der Waals surface area contributed by atoms with Gasteiger partial charge in [-0.05, 0) is 18.8 Å². The number of nitrogens with two attached hydrogens (primary N) is 1. The first-order valence-electron chi connectivity index (χ1n) is 6.06. The van der Waals surface area contributed by atoms with Gasteiger partial charge in [-0.1, -0.05) is 27.2 Å². The summed E-state index contributed by atoms with van der Waals surface area (Å²) in [6, 6.07) is -0.322. The van der Waals surface area contributed by atoms with Crippen LogP contribution in [0.15, 0.2) is 0 Å². The van der Waals surface area contributed by atoms with Gasteiger partial charge in [-0.3, -0.25) is 4.79 Å². The molecule has 0 saturated heterocycles. The molecule has 4 heteroatoms. The number of rotatable bonds is 8. The minimum absolute atomic E-state index is 0.0656. The van der Waals surface area contributed by atoms with Crippen molar-refractivity contribution in [1.29, 1.82) is 0 Å². The lowest BCUT2D eigenvalue weighted by Gasteiger charge is -2.20. The quantitative estimate of drug-likeness (QED) is 0.660. The van der Waals surface area contributed by atoms with Crippen molar-refractivity contribution in [3.63, 3.8) is 0 Å². The van der Waals surface area contributed by atoms with E-state index in [0.29, 0.717) is 12.5 Å². The van der Waals surface area contributed by atoms with Crippen molar-refractivity contribution in [3.8, 4) is 0 Å². The summed E-state index contributed by atoms with van der Waals surface area (Å²) >= 11 is 0. The minimum atomic E-state index is -0.406. The van der Waals surface area contributed by atoms with Gasteiger partial charge in [0.05, 0.1) is 18.7 Å².